The van der Waals surface area contributed by atoms with Crippen LogP contribution in [-0.2, 0) is 11.3 Å². The van der Waals surface area contributed by atoms with Gasteiger partial charge in [0.2, 0.25) is 5.91 Å². The molecule has 1 aromatic heterocycles. The van der Waals surface area contributed by atoms with E-state index in [1.807, 2.05) is 23.1 Å². The smallest absolute Gasteiger partial charge is 0.246 e. The first-order chi connectivity index (χ1) is 11.6. The first-order valence-electron chi connectivity index (χ1n) is 7.82. The molecule has 1 amide bonds. The fraction of sp³-hybridized carbons (Fsp3) is 0.375. The summed E-state index contributed by atoms with van der Waals surface area (Å²) in [5, 5.41) is 15.9. The maximum Gasteiger partial charge on any atom is 0.246 e. The standard InChI is InChI=1S/C16H19ClN6O/c1-12-19-21-23(20-12)11-14-10-15(17)4-2-13(14)3-5-16(24)22-8-6-18-7-9-22/h2-5,10,18H,6-9,11H2,1H3/b5-3+. The number of halogens is 1. The van der Waals surface area contributed by atoms with Gasteiger partial charge in [0.1, 0.15) is 0 Å². The van der Waals surface area contributed by atoms with Crippen molar-refractivity contribution in [1.82, 2.24) is 30.4 Å². The van der Waals surface area contributed by atoms with Gasteiger partial charge in [0, 0.05) is 37.3 Å². The van der Waals surface area contributed by atoms with Gasteiger partial charge in [-0.25, -0.2) is 0 Å². The molecule has 24 heavy (non-hydrogen) atoms. The number of aryl methyl sites for hydroxylation is 1. The quantitative estimate of drug-likeness (QED) is 0.840. The highest BCUT2D eigenvalue weighted by Crippen LogP contribution is 2.18. The van der Waals surface area contributed by atoms with Crippen LogP contribution in [0.5, 0.6) is 0 Å². The van der Waals surface area contributed by atoms with Gasteiger partial charge in [0.25, 0.3) is 0 Å². The number of piperazine rings is 1. The van der Waals surface area contributed by atoms with E-state index in [1.54, 1.807) is 19.1 Å². The van der Waals surface area contributed by atoms with E-state index in [4.69, 9.17) is 11.6 Å². The van der Waals surface area contributed by atoms with Gasteiger partial charge in [-0.1, -0.05) is 17.7 Å². The third-order valence-corrected chi connectivity index (χ3v) is 4.04. The van der Waals surface area contributed by atoms with E-state index in [1.165, 1.54) is 4.80 Å². The zero-order chi connectivity index (χ0) is 16.9. The predicted molar refractivity (Wildman–Crippen MR) is 91.6 cm³/mol. The topological polar surface area (TPSA) is 75.9 Å². The van der Waals surface area contributed by atoms with Gasteiger partial charge < -0.3 is 10.2 Å². The zero-order valence-electron chi connectivity index (χ0n) is 13.4. The molecule has 1 N–H and O–H groups in total. The SMILES string of the molecule is Cc1nnn(Cc2cc(Cl)ccc2/C=C/C(=O)N2CCNCC2)n1. The highest BCUT2D eigenvalue weighted by Gasteiger charge is 2.13. The summed E-state index contributed by atoms with van der Waals surface area (Å²) in [6.07, 6.45) is 3.43. The van der Waals surface area contributed by atoms with Gasteiger partial charge in [-0.3, -0.25) is 4.79 Å². The Bertz CT molecular complexity index is 751. The Balaban J connectivity index is 1.76. The largest absolute Gasteiger partial charge is 0.337 e. The van der Waals surface area contributed by atoms with Crippen LogP contribution in [0, 0.1) is 6.92 Å². The fourth-order valence-corrected chi connectivity index (χ4v) is 2.76. The molecule has 0 aliphatic carbocycles. The second-order valence-corrected chi connectivity index (χ2v) is 6.06. The summed E-state index contributed by atoms with van der Waals surface area (Å²) in [6.45, 7) is 5.38. The van der Waals surface area contributed by atoms with Crippen molar-refractivity contribution in [3.8, 4) is 0 Å². The number of benzene rings is 1. The van der Waals surface area contributed by atoms with Gasteiger partial charge in [-0.05, 0) is 41.5 Å². The first-order valence-corrected chi connectivity index (χ1v) is 8.20. The molecule has 7 nitrogen and oxygen atoms in total. The Hall–Kier alpha value is -2.25. The molecule has 0 bridgehead atoms. The van der Waals surface area contributed by atoms with Gasteiger partial charge in [-0.15, -0.1) is 10.2 Å². The summed E-state index contributed by atoms with van der Waals surface area (Å²) in [6, 6.07) is 5.55. The van der Waals surface area contributed by atoms with Crippen molar-refractivity contribution < 1.29 is 4.79 Å². The first kappa shape index (κ1) is 16.6. The highest BCUT2D eigenvalue weighted by molar-refractivity contribution is 6.30. The molecule has 3 rings (SSSR count). The van der Waals surface area contributed by atoms with Crippen molar-refractivity contribution >= 4 is 23.6 Å². The lowest BCUT2D eigenvalue weighted by Crippen LogP contribution is -2.45. The molecule has 1 aliphatic heterocycles. The van der Waals surface area contributed by atoms with Crippen molar-refractivity contribution in [2.75, 3.05) is 26.2 Å². The fourth-order valence-electron chi connectivity index (χ4n) is 2.57. The number of nitrogens with one attached hydrogen (secondary N) is 1. The van der Waals surface area contributed by atoms with Crippen LogP contribution in [0.3, 0.4) is 0 Å². The van der Waals surface area contributed by atoms with Gasteiger partial charge >= 0.3 is 0 Å². The predicted octanol–water partition coefficient (Wildman–Crippen LogP) is 1.13. The molecule has 0 unspecified atom stereocenters. The third kappa shape index (κ3) is 4.18. The molecule has 1 aliphatic rings. The lowest BCUT2D eigenvalue weighted by atomic mass is 10.1. The van der Waals surface area contributed by atoms with Crippen LogP contribution in [0.4, 0.5) is 0 Å². The van der Waals surface area contributed by atoms with Gasteiger partial charge in [-0.2, -0.15) is 4.80 Å². The Morgan fingerprint density at radius 2 is 2.17 bits per heavy atom. The Kier molecular flexibility index (Phi) is 5.22. The minimum atomic E-state index is 0.0205. The van der Waals surface area contributed by atoms with E-state index in [-0.39, 0.29) is 5.91 Å². The average Bonchev–Trinajstić information content (AvgIpc) is 2.99. The molecule has 0 saturated carbocycles. The van der Waals surface area contributed by atoms with Crippen LogP contribution < -0.4 is 5.32 Å². The molecule has 8 heteroatoms. The van der Waals surface area contributed by atoms with Crippen LogP contribution in [0.1, 0.15) is 17.0 Å². The summed E-state index contributed by atoms with van der Waals surface area (Å²) in [5.41, 5.74) is 1.85. The van der Waals surface area contributed by atoms with Crippen LogP contribution in [0.25, 0.3) is 6.08 Å². The monoisotopic (exact) mass is 346 g/mol. The van der Waals surface area contributed by atoms with E-state index in [9.17, 15) is 4.79 Å². The third-order valence-electron chi connectivity index (χ3n) is 3.80. The molecule has 0 radical (unpaired) electrons. The molecule has 1 fully saturated rings. The molecule has 2 heterocycles. The summed E-state index contributed by atoms with van der Waals surface area (Å²) in [4.78, 5) is 15.6. The maximum absolute atomic E-state index is 12.3. The lowest BCUT2D eigenvalue weighted by molar-refractivity contribution is -0.126. The van der Waals surface area contributed by atoms with E-state index >= 15 is 0 Å². The summed E-state index contributed by atoms with van der Waals surface area (Å²) in [5.74, 6) is 0.634. The Morgan fingerprint density at radius 3 is 2.88 bits per heavy atom. The van der Waals surface area contributed by atoms with Crippen LogP contribution in [0.2, 0.25) is 5.02 Å². The molecule has 126 valence electrons. The van der Waals surface area contributed by atoms with Crippen LogP contribution in [0.15, 0.2) is 24.3 Å². The average molecular weight is 347 g/mol. The van der Waals surface area contributed by atoms with Crippen LogP contribution >= 0.6 is 11.6 Å². The summed E-state index contributed by atoms with van der Waals surface area (Å²) < 4.78 is 0. The lowest BCUT2D eigenvalue weighted by Gasteiger charge is -2.26. The number of nitrogens with zero attached hydrogens (tertiary/aromatic N) is 5. The van der Waals surface area contributed by atoms with Gasteiger partial charge in [0.05, 0.1) is 6.54 Å². The number of tetrazole rings is 1. The molecule has 0 spiro atoms. The van der Waals surface area contributed by atoms with E-state index < -0.39 is 0 Å². The summed E-state index contributed by atoms with van der Waals surface area (Å²) in [7, 11) is 0. The molecule has 2 aromatic rings. The summed E-state index contributed by atoms with van der Waals surface area (Å²) >= 11 is 6.10. The van der Waals surface area contributed by atoms with Crippen molar-refractivity contribution in [3.05, 3.63) is 46.2 Å². The van der Waals surface area contributed by atoms with Crippen molar-refractivity contribution in [1.29, 1.82) is 0 Å². The number of carbonyl (C=O) groups excluding carboxylic acids is 1. The van der Waals surface area contributed by atoms with Crippen LogP contribution in [-0.4, -0.2) is 57.2 Å². The molecule has 0 atom stereocenters. The number of aromatic nitrogens is 4. The van der Waals surface area contributed by atoms with E-state index in [2.05, 4.69) is 20.7 Å². The number of hydrogen-bond donors (Lipinski definition) is 1. The Labute approximate surface area is 145 Å². The van der Waals surface area contributed by atoms with Crippen molar-refractivity contribution in [3.63, 3.8) is 0 Å². The van der Waals surface area contributed by atoms with Crippen molar-refractivity contribution in [2.45, 2.75) is 13.5 Å². The number of hydrogen-bond acceptors (Lipinski definition) is 5. The van der Waals surface area contributed by atoms with E-state index in [0.29, 0.717) is 17.4 Å². The maximum atomic E-state index is 12.3. The minimum absolute atomic E-state index is 0.0205. The second kappa shape index (κ2) is 7.55. The molecule has 1 saturated heterocycles. The number of amides is 1. The van der Waals surface area contributed by atoms with E-state index in [0.717, 1.165) is 37.3 Å². The zero-order valence-corrected chi connectivity index (χ0v) is 14.2. The number of carbonyl (C=O) groups is 1. The second-order valence-electron chi connectivity index (χ2n) is 5.62. The Morgan fingerprint density at radius 1 is 1.38 bits per heavy atom. The molecular weight excluding hydrogens is 328 g/mol. The molecular formula is C16H19ClN6O. The highest BCUT2D eigenvalue weighted by atomic mass is 35.5. The molecule has 1 aromatic carbocycles. The van der Waals surface area contributed by atoms with Crippen molar-refractivity contribution in [2.24, 2.45) is 0 Å². The number of rotatable bonds is 4. The van der Waals surface area contributed by atoms with Gasteiger partial charge in [0.15, 0.2) is 5.82 Å². The normalized spacial score (nSPS) is 15.2. The minimum Gasteiger partial charge on any atom is -0.337 e.